The van der Waals surface area contributed by atoms with E-state index in [-0.39, 0.29) is 5.91 Å². The van der Waals surface area contributed by atoms with Gasteiger partial charge < -0.3 is 10.2 Å². The molecule has 2 aromatic rings. The summed E-state index contributed by atoms with van der Waals surface area (Å²) in [5.74, 6) is 0.0527. The van der Waals surface area contributed by atoms with Gasteiger partial charge in [0.05, 0.1) is 7.05 Å². The number of benzene rings is 2. The van der Waals surface area contributed by atoms with Crippen LogP contribution in [0.4, 0.5) is 5.69 Å². The first kappa shape index (κ1) is 17.6. The number of nitrogens with one attached hydrogen (secondary N) is 2. The van der Waals surface area contributed by atoms with Crippen molar-refractivity contribution in [2.45, 2.75) is 25.3 Å². The Labute approximate surface area is 143 Å². The Morgan fingerprint density at radius 3 is 2.48 bits per heavy atom. The van der Waals surface area contributed by atoms with E-state index in [0.29, 0.717) is 6.54 Å². The number of quaternary nitrogens is 1. The molecule has 0 spiro atoms. The summed E-state index contributed by atoms with van der Waals surface area (Å²) in [6.07, 6.45) is 2.07. The van der Waals surface area contributed by atoms with Crippen molar-refractivity contribution in [1.82, 2.24) is 0 Å². The van der Waals surface area contributed by atoms with Gasteiger partial charge in [0.1, 0.15) is 6.54 Å². The van der Waals surface area contributed by atoms with Crippen LogP contribution in [0.2, 0.25) is 0 Å². The summed E-state index contributed by atoms with van der Waals surface area (Å²) in [5, 5.41) is 3.02. The van der Waals surface area contributed by atoms with Crippen molar-refractivity contribution in [3.05, 3.63) is 59.2 Å². The van der Waals surface area contributed by atoms with Gasteiger partial charge in [-0.25, -0.2) is 0 Å². The third kappa shape index (κ3) is 5.41. The van der Waals surface area contributed by atoms with E-state index in [9.17, 15) is 4.79 Å². The minimum absolute atomic E-state index is 0.0527. The summed E-state index contributed by atoms with van der Waals surface area (Å²) < 4.78 is 0. The van der Waals surface area contributed by atoms with Crippen LogP contribution in [-0.4, -0.2) is 25.8 Å². The first-order valence-corrected chi connectivity index (χ1v) is 9.01. The van der Waals surface area contributed by atoms with Gasteiger partial charge in [0.25, 0.3) is 5.91 Å². The maximum Gasteiger partial charge on any atom is 0.279 e. The fourth-order valence-corrected chi connectivity index (χ4v) is 2.90. The fraction of sp³-hybridized carbons (Fsp3) is 0.316. The number of carbonyl (C=O) groups excluding carboxylic acids is 1. The zero-order valence-electron chi connectivity index (χ0n) is 14.3. The largest absolute Gasteiger partial charge is 0.326 e. The van der Waals surface area contributed by atoms with Crippen LogP contribution in [-0.2, 0) is 11.3 Å². The Balaban J connectivity index is 1.90. The molecule has 3 nitrogen and oxygen atoms in total. The van der Waals surface area contributed by atoms with Gasteiger partial charge in [0.2, 0.25) is 0 Å². The lowest BCUT2D eigenvalue weighted by atomic mass is 10.1. The molecule has 1 amide bonds. The smallest absolute Gasteiger partial charge is 0.279 e. The Morgan fingerprint density at radius 2 is 1.83 bits per heavy atom. The number of likely N-dealkylation sites (N-methyl/N-ethyl adjacent to an activating group) is 1. The first-order valence-electron chi connectivity index (χ1n) is 7.79. The molecule has 0 aliphatic carbocycles. The number of hydrogen-bond acceptors (Lipinski definition) is 2. The summed E-state index contributed by atoms with van der Waals surface area (Å²) in [5.41, 5.74) is 4.40. The van der Waals surface area contributed by atoms with Crippen LogP contribution in [0, 0.1) is 13.8 Å². The molecule has 23 heavy (non-hydrogen) atoms. The first-order chi connectivity index (χ1) is 11.0. The minimum atomic E-state index is 0.0527. The van der Waals surface area contributed by atoms with Crippen LogP contribution in [0.5, 0.6) is 0 Å². The summed E-state index contributed by atoms with van der Waals surface area (Å²) >= 11 is 1.74. The summed E-state index contributed by atoms with van der Waals surface area (Å²) in [4.78, 5) is 14.7. The Morgan fingerprint density at radius 1 is 1.13 bits per heavy atom. The molecule has 122 valence electrons. The number of rotatable bonds is 6. The lowest BCUT2D eigenvalue weighted by Crippen LogP contribution is -3.08. The van der Waals surface area contributed by atoms with E-state index in [0.717, 1.165) is 23.4 Å². The molecule has 0 saturated heterocycles. The molecule has 0 aromatic heterocycles. The van der Waals surface area contributed by atoms with Gasteiger partial charge in [-0.2, -0.15) is 0 Å². The molecule has 1 unspecified atom stereocenters. The van der Waals surface area contributed by atoms with Crippen molar-refractivity contribution in [3.8, 4) is 0 Å². The van der Waals surface area contributed by atoms with Gasteiger partial charge >= 0.3 is 0 Å². The third-order valence-corrected chi connectivity index (χ3v) is 4.54. The van der Waals surface area contributed by atoms with E-state index in [1.807, 2.05) is 33.0 Å². The highest BCUT2D eigenvalue weighted by atomic mass is 32.2. The highest BCUT2D eigenvalue weighted by Crippen LogP contribution is 2.16. The van der Waals surface area contributed by atoms with Crippen molar-refractivity contribution in [3.63, 3.8) is 0 Å². The maximum atomic E-state index is 12.2. The van der Waals surface area contributed by atoms with E-state index in [2.05, 4.69) is 41.9 Å². The molecular weight excluding hydrogens is 304 g/mol. The second-order valence-corrected chi connectivity index (χ2v) is 6.90. The van der Waals surface area contributed by atoms with Crippen molar-refractivity contribution in [2.75, 3.05) is 25.2 Å². The number of anilines is 1. The predicted molar refractivity (Wildman–Crippen MR) is 98.2 cm³/mol. The number of aryl methyl sites for hydroxylation is 2. The fourth-order valence-electron chi connectivity index (χ4n) is 2.49. The molecular formula is C19H25N2OS+. The van der Waals surface area contributed by atoms with Crippen LogP contribution < -0.4 is 10.2 Å². The number of amides is 1. The van der Waals surface area contributed by atoms with Crippen molar-refractivity contribution in [2.24, 2.45) is 0 Å². The zero-order valence-corrected chi connectivity index (χ0v) is 15.1. The van der Waals surface area contributed by atoms with Gasteiger partial charge in [0, 0.05) is 16.1 Å². The van der Waals surface area contributed by atoms with Crippen molar-refractivity contribution in [1.29, 1.82) is 0 Å². The number of hydrogen-bond donors (Lipinski definition) is 2. The van der Waals surface area contributed by atoms with Crippen LogP contribution in [0.1, 0.15) is 16.7 Å². The van der Waals surface area contributed by atoms with Crippen LogP contribution >= 0.6 is 11.8 Å². The molecule has 0 aliphatic rings. The van der Waals surface area contributed by atoms with Crippen LogP contribution in [0.3, 0.4) is 0 Å². The number of carbonyl (C=O) groups is 1. The van der Waals surface area contributed by atoms with Crippen LogP contribution in [0.25, 0.3) is 0 Å². The maximum absolute atomic E-state index is 12.2. The highest BCUT2D eigenvalue weighted by Gasteiger charge is 2.12. The SMILES string of the molecule is CSc1ccc(C[NH+](C)CC(=O)Nc2cc(C)ccc2C)cc1. The summed E-state index contributed by atoms with van der Waals surface area (Å²) in [6.45, 7) is 5.34. The van der Waals surface area contributed by atoms with Crippen molar-refractivity contribution >= 4 is 23.4 Å². The van der Waals surface area contributed by atoms with E-state index in [1.54, 1.807) is 11.8 Å². The normalized spacial score (nSPS) is 12.0. The lowest BCUT2D eigenvalue weighted by Gasteiger charge is -2.15. The monoisotopic (exact) mass is 329 g/mol. The van der Waals surface area contributed by atoms with Gasteiger partial charge in [-0.3, -0.25) is 4.79 Å². The van der Waals surface area contributed by atoms with Gasteiger partial charge in [-0.1, -0.05) is 24.3 Å². The van der Waals surface area contributed by atoms with E-state index < -0.39 is 0 Å². The molecule has 2 N–H and O–H groups in total. The lowest BCUT2D eigenvalue weighted by molar-refractivity contribution is -0.885. The Bertz CT molecular complexity index is 668. The highest BCUT2D eigenvalue weighted by molar-refractivity contribution is 7.98. The average Bonchev–Trinajstić information content (AvgIpc) is 2.51. The molecule has 0 saturated carbocycles. The average molecular weight is 329 g/mol. The predicted octanol–water partition coefficient (Wildman–Crippen LogP) is 2.68. The molecule has 0 heterocycles. The molecule has 0 bridgehead atoms. The molecule has 2 aromatic carbocycles. The summed E-state index contributed by atoms with van der Waals surface area (Å²) in [7, 11) is 2.05. The third-order valence-electron chi connectivity index (χ3n) is 3.79. The van der Waals surface area contributed by atoms with Crippen LogP contribution in [0.15, 0.2) is 47.4 Å². The molecule has 4 heteroatoms. The molecule has 1 atom stereocenters. The second-order valence-electron chi connectivity index (χ2n) is 6.03. The van der Waals surface area contributed by atoms with E-state index in [4.69, 9.17) is 0 Å². The number of thioether (sulfide) groups is 1. The Hall–Kier alpha value is -1.78. The second kappa shape index (κ2) is 8.18. The van der Waals surface area contributed by atoms with Crippen molar-refractivity contribution < 1.29 is 9.69 Å². The quantitative estimate of drug-likeness (QED) is 0.799. The minimum Gasteiger partial charge on any atom is -0.326 e. The van der Waals surface area contributed by atoms with Gasteiger partial charge in [-0.05, 0) is 49.4 Å². The molecule has 2 rings (SSSR count). The topological polar surface area (TPSA) is 33.5 Å². The van der Waals surface area contributed by atoms with Gasteiger partial charge in [-0.15, -0.1) is 11.8 Å². The van der Waals surface area contributed by atoms with E-state index >= 15 is 0 Å². The molecule has 0 radical (unpaired) electrons. The Kier molecular flexibility index (Phi) is 6.25. The molecule has 0 aliphatic heterocycles. The van der Waals surface area contributed by atoms with E-state index in [1.165, 1.54) is 15.4 Å². The summed E-state index contributed by atoms with van der Waals surface area (Å²) in [6, 6.07) is 14.6. The molecule has 0 fully saturated rings. The zero-order chi connectivity index (χ0) is 16.8. The standard InChI is InChI=1S/C19H24N2OS/c1-14-5-6-15(2)18(11-14)20-19(22)13-21(3)12-16-7-9-17(23-4)10-8-16/h5-11H,12-13H2,1-4H3,(H,20,22)/p+1. The van der Waals surface area contributed by atoms with Gasteiger partial charge in [0.15, 0.2) is 6.54 Å².